The van der Waals surface area contributed by atoms with Crippen LogP contribution in [0.15, 0.2) is 36.7 Å². The number of nitrogens with one attached hydrogen (secondary N) is 1. The van der Waals surface area contributed by atoms with Gasteiger partial charge in [0.2, 0.25) is 0 Å². The summed E-state index contributed by atoms with van der Waals surface area (Å²) in [7, 11) is 1.95. The van der Waals surface area contributed by atoms with E-state index in [2.05, 4.69) is 40.9 Å². The quantitative estimate of drug-likeness (QED) is 0.908. The van der Waals surface area contributed by atoms with Crippen LogP contribution in [-0.2, 0) is 24.8 Å². The number of fused-ring (bicyclic) bond motifs is 1. The highest BCUT2D eigenvalue weighted by atomic mass is 16.5. The second-order valence-electron chi connectivity index (χ2n) is 4.99. The highest BCUT2D eigenvalue weighted by Crippen LogP contribution is 2.24. The zero-order chi connectivity index (χ0) is 13.1. The van der Waals surface area contributed by atoms with Crippen LogP contribution in [0.4, 0.5) is 0 Å². The molecular formula is C15H19N3O. The molecule has 0 radical (unpaired) electrons. The van der Waals surface area contributed by atoms with Gasteiger partial charge in [-0.05, 0) is 29.7 Å². The maximum atomic E-state index is 5.64. The van der Waals surface area contributed by atoms with Crippen molar-refractivity contribution in [2.45, 2.75) is 19.1 Å². The van der Waals surface area contributed by atoms with E-state index in [0.717, 1.165) is 26.2 Å². The number of rotatable bonds is 4. The molecule has 1 aliphatic rings. The monoisotopic (exact) mass is 257 g/mol. The minimum absolute atomic E-state index is 0.307. The maximum Gasteiger partial charge on any atom is 0.0721 e. The van der Waals surface area contributed by atoms with Crippen LogP contribution in [0, 0.1) is 0 Å². The van der Waals surface area contributed by atoms with Crippen LogP contribution in [0.3, 0.4) is 0 Å². The van der Waals surface area contributed by atoms with Crippen molar-refractivity contribution in [1.29, 1.82) is 0 Å². The number of ether oxygens (including phenoxy) is 1. The molecule has 1 aromatic heterocycles. The molecule has 0 saturated carbocycles. The Bertz CT molecular complexity index is 550. The highest BCUT2D eigenvalue weighted by Gasteiger charge is 2.19. The van der Waals surface area contributed by atoms with Crippen molar-refractivity contribution in [1.82, 2.24) is 15.1 Å². The summed E-state index contributed by atoms with van der Waals surface area (Å²) in [6, 6.07) is 8.81. The Labute approximate surface area is 113 Å². The van der Waals surface area contributed by atoms with Crippen LogP contribution in [0.25, 0.3) is 0 Å². The van der Waals surface area contributed by atoms with Crippen LogP contribution in [0.1, 0.15) is 22.7 Å². The number of nitrogens with zero attached hydrogens (tertiary/aromatic N) is 2. The minimum Gasteiger partial charge on any atom is -0.375 e. The smallest absolute Gasteiger partial charge is 0.0721 e. The topological polar surface area (TPSA) is 39.1 Å². The SMILES string of the molecule is Cn1cc(CCNC2COCc3ccccc32)cn1. The van der Waals surface area contributed by atoms with Crippen LogP contribution in [-0.4, -0.2) is 22.9 Å². The minimum atomic E-state index is 0.307. The van der Waals surface area contributed by atoms with Gasteiger partial charge in [0.05, 0.1) is 25.5 Å². The molecule has 1 unspecified atom stereocenters. The van der Waals surface area contributed by atoms with Gasteiger partial charge in [-0.3, -0.25) is 4.68 Å². The molecule has 100 valence electrons. The largest absolute Gasteiger partial charge is 0.375 e. The van der Waals surface area contributed by atoms with Gasteiger partial charge in [-0.25, -0.2) is 0 Å². The molecule has 2 heterocycles. The van der Waals surface area contributed by atoms with Crippen molar-refractivity contribution in [3.63, 3.8) is 0 Å². The van der Waals surface area contributed by atoms with E-state index in [9.17, 15) is 0 Å². The molecule has 0 aliphatic carbocycles. The molecule has 0 fully saturated rings. The molecule has 2 aromatic rings. The van der Waals surface area contributed by atoms with Gasteiger partial charge in [0, 0.05) is 13.2 Å². The summed E-state index contributed by atoms with van der Waals surface area (Å²) in [6.45, 7) is 2.43. The number of aromatic nitrogens is 2. The van der Waals surface area contributed by atoms with E-state index in [1.165, 1.54) is 16.7 Å². The van der Waals surface area contributed by atoms with Crippen molar-refractivity contribution < 1.29 is 4.74 Å². The second-order valence-corrected chi connectivity index (χ2v) is 4.99. The fourth-order valence-corrected chi connectivity index (χ4v) is 2.54. The molecule has 0 bridgehead atoms. The molecule has 19 heavy (non-hydrogen) atoms. The molecule has 1 aliphatic heterocycles. The summed E-state index contributed by atoms with van der Waals surface area (Å²) in [6.07, 6.45) is 4.98. The third-order valence-electron chi connectivity index (χ3n) is 3.54. The van der Waals surface area contributed by atoms with Crippen molar-refractivity contribution in [3.8, 4) is 0 Å². The van der Waals surface area contributed by atoms with Crippen molar-refractivity contribution in [2.75, 3.05) is 13.2 Å². The summed E-state index contributed by atoms with van der Waals surface area (Å²) in [4.78, 5) is 0. The van der Waals surface area contributed by atoms with Crippen LogP contribution < -0.4 is 5.32 Å². The molecule has 3 rings (SSSR count). The summed E-state index contributed by atoms with van der Waals surface area (Å²) in [5.41, 5.74) is 3.94. The first-order valence-corrected chi connectivity index (χ1v) is 6.69. The normalized spacial score (nSPS) is 18.3. The summed E-state index contributed by atoms with van der Waals surface area (Å²) in [5.74, 6) is 0. The first kappa shape index (κ1) is 12.4. The third kappa shape index (κ3) is 2.85. The van der Waals surface area contributed by atoms with Crippen molar-refractivity contribution in [3.05, 3.63) is 53.3 Å². The van der Waals surface area contributed by atoms with Crippen LogP contribution in [0.2, 0.25) is 0 Å². The Hall–Kier alpha value is -1.65. The fourth-order valence-electron chi connectivity index (χ4n) is 2.54. The van der Waals surface area contributed by atoms with Crippen molar-refractivity contribution in [2.24, 2.45) is 7.05 Å². The number of hydrogen-bond acceptors (Lipinski definition) is 3. The van der Waals surface area contributed by atoms with Gasteiger partial charge < -0.3 is 10.1 Å². The molecule has 4 heteroatoms. The van der Waals surface area contributed by atoms with Gasteiger partial charge in [0.25, 0.3) is 0 Å². The molecule has 0 amide bonds. The van der Waals surface area contributed by atoms with E-state index in [-0.39, 0.29) is 0 Å². The Morgan fingerprint density at radius 2 is 2.32 bits per heavy atom. The van der Waals surface area contributed by atoms with Crippen molar-refractivity contribution >= 4 is 0 Å². The Balaban J connectivity index is 1.59. The van der Waals surface area contributed by atoms with E-state index < -0.39 is 0 Å². The Kier molecular flexibility index (Phi) is 3.62. The van der Waals surface area contributed by atoms with E-state index in [4.69, 9.17) is 4.74 Å². The van der Waals surface area contributed by atoms with Gasteiger partial charge in [-0.15, -0.1) is 0 Å². The van der Waals surface area contributed by atoms with Gasteiger partial charge >= 0.3 is 0 Å². The molecular weight excluding hydrogens is 238 g/mol. The maximum absolute atomic E-state index is 5.64. The highest BCUT2D eigenvalue weighted by molar-refractivity contribution is 5.31. The summed E-state index contributed by atoms with van der Waals surface area (Å²) >= 11 is 0. The lowest BCUT2D eigenvalue weighted by molar-refractivity contribution is 0.0824. The summed E-state index contributed by atoms with van der Waals surface area (Å²) < 4.78 is 7.48. The van der Waals surface area contributed by atoms with Gasteiger partial charge in [-0.1, -0.05) is 24.3 Å². The standard InChI is InChI=1S/C15H19N3O/c1-18-9-12(8-17-18)6-7-16-15-11-19-10-13-4-2-3-5-14(13)15/h2-5,8-9,15-16H,6-7,10-11H2,1H3. The molecule has 1 atom stereocenters. The number of benzene rings is 1. The zero-order valence-corrected chi connectivity index (χ0v) is 11.2. The van der Waals surface area contributed by atoms with E-state index in [0.29, 0.717) is 6.04 Å². The van der Waals surface area contributed by atoms with E-state index in [1.807, 2.05) is 17.9 Å². The first-order valence-electron chi connectivity index (χ1n) is 6.69. The lowest BCUT2D eigenvalue weighted by atomic mass is 9.99. The third-order valence-corrected chi connectivity index (χ3v) is 3.54. The molecule has 1 N–H and O–H groups in total. The Morgan fingerprint density at radius 3 is 3.16 bits per heavy atom. The van der Waals surface area contributed by atoms with E-state index in [1.54, 1.807) is 0 Å². The van der Waals surface area contributed by atoms with E-state index >= 15 is 0 Å². The van der Waals surface area contributed by atoms with Gasteiger partial charge in [-0.2, -0.15) is 5.10 Å². The van der Waals surface area contributed by atoms with Gasteiger partial charge in [0.15, 0.2) is 0 Å². The second kappa shape index (κ2) is 5.55. The number of hydrogen-bond donors (Lipinski definition) is 1. The molecule has 1 aromatic carbocycles. The molecule has 0 spiro atoms. The Morgan fingerprint density at radius 1 is 1.42 bits per heavy atom. The predicted molar refractivity (Wildman–Crippen MR) is 73.8 cm³/mol. The zero-order valence-electron chi connectivity index (χ0n) is 11.2. The number of aryl methyl sites for hydroxylation is 1. The first-order chi connectivity index (χ1) is 9.33. The van der Waals surface area contributed by atoms with Gasteiger partial charge in [0.1, 0.15) is 0 Å². The fraction of sp³-hybridized carbons (Fsp3) is 0.400. The molecule has 4 nitrogen and oxygen atoms in total. The lowest BCUT2D eigenvalue weighted by Gasteiger charge is -2.26. The lowest BCUT2D eigenvalue weighted by Crippen LogP contribution is -2.31. The predicted octanol–water partition coefficient (Wildman–Crippen LogP) is 1.82. The van der Waals surface area contributed by atoms with Crippen LogP contribution >= 0.6 is 0 Å². The average molecular weight is 257 g/mol. The average Bonchev–Trinajstić information content (AvgIpc) is 2.85. The summed E-state index contributed by atoms with van der Waals surface area (Å²) in [5, 5.41) is 7.76. The van der Waals surface area contributed by atoms with Crippen LogP contribution in [0.5, 0.6) is 0 Å². The molecule has 0 saturated heterocycles.